The van der Waals surface area contributed by atoms with Crippen LogP contribution in [-0.2, 0) is 10.0 Å². The quantitative estimate of drug-likeness (QED) is 0.732. The number of benzene rings is 1. The van der Waals surface area contributed by atoms with Crippen LogP contribution in [0.15, 0.2) is 23.1 Å². The van der Waals surface area contributed by atoms with Crippen LogP contribution in [0.5, 0.6) is 0 Å². The first kappa shape index (κ1) is 15.7. The molecule has 1 aliphatic rings. The highest BCUT2D eigenvalue weighted by atomic mass is 127. The zero-order valence-corrected chi connectivity index (χ0v) is 13.9. The molecule has 1 unspecified atom stereocenters. The van der Waals surface area contributed by atoms with Crippen LogP contribution in [0, 0.1) is 9.49 Å². The molecule has 0 bridgehead atoms. The molecule has 7 heteroatoms. The Kier molecular flexibility index (Phi) is 4.70. The Hall–Kier alpha value is -0.670. The Labute approximate surface area is 132 Å². The summed E-state index contributed by atoms with van der Waals surface area (Å²) in [5.41, 5.74) is 0.00442. The van der Waals surface area contributed by atoms with Crippen LogP contribution >= 0.6 is 22.6 Å². The van der Waals surface area contributed by atoms with Crippen molar-refractivity contribution in [3.05, 3.63) is 27.3 Å². The van der Waals surface area contributed by atoms with E-state index in [1.807, 2.05) is 29.5 Å². The van der Waals surface area contributed by atoms with Gasteiger partial charge in [0, 0.05) is 9.61 Å². The predicted molar refractivity (Wildman–Crippen MR) is 83.2 cm³/mol. The minimum absolute atomic E-state index is 0.00138. The third-order valence-electron chi connectivity index (χ3n) is 3.68. The van der Waals surface area contributed by atoms with Crippen LogP contribution in [0.2, 0.25) is 0 Å². The summed E-state index contributed by atoms with van der Waals surface area (Å²) in [7, 11) is -3.67. The van der Waals surface area contributed by atoms with E-state index in [0.29, 0.717) is 9.49 Å². The Morgan fingerprint density at radius 2 is 2.10 bits per heavy atom. The Bertz CT molecular complexity index is 625. The zero-order chi connectivity index (χ0) is 14.9. The van der Waals surface area contributed by atoms with Crippen LogP contribution in [0.1, 0.15) is 36.5 Å². The van der Waals surface area contributed by atoms with Gasteiger partial charge in [0.15, 0.2) is 0 Å². The number of sulfonamides is 1. The molecule has 1 atom stereocenters. The fourth-order valence-electron chi connectivity index (χ4n) is 2.18. The molecule has 0 heterocycles. The largest absolute Gasteiger partial charge is 0.478 e. The molecule has 0 aliphatic heterocycles. The Morgan fingerprint density at radius 3 is 2.60 bits per heavy atom. The number of carbonyl (C=O) groups is 1. The van der Waals surface area contributed by atoms with E-state index in [1.165, 1.54) is 18.2 Å². The van der Waals surface area contributed by atoms with Crippen molar-refractivity contribution in [2.75, 3.05) is 0 Å². The van der Waals surface area contributed by atoms with Crippen molar-refractivity contribution in [1.82, 2.24) is 4.72 Å². The number of hydrogen-bond acceptors (Lipinski definition) is 3. The van der Waals surface area contributed by atoms with E-state index >= 15 is 0 Å². The minimum atomic E-state index is -3.67. The van der Waals surface area contributed by atoms with E-state index in [1.54, 1.807) is 0 Å². The third kappa shape index (κ3) is 3.32. The maximum Gasteiger partial charge on any atom is 0.336 e. The summed E-state index contributed by atoms with van der Waals surface area (Å²) in [6.45, 7) is 1.85. The fraction of sp³-hybridized carbons (Fsp3) is 0.462. The number of rotatable bonds is 5. The molecule has 0 aromatic heterocycles. The van der Waals surface area contributed by atoms with Gasteiger partial charge in [-0.25, -0.2) is 17.9 Å². The summed E-state index contributed by atoms with van der Waals surface area (Å²) in [6.07, 6.45) is 3.22. The van der Waals surface area contributed by atoms with Gasteiger partial charge in [0.05, 0.1) is 10.5 Å². The van der Waals surface area contributed by atoms with E-state index in [9.17, 15) is 13.2 Å². The van der Waals surface area contributed by atoms with Crippen LogP contribution in [0.4, 0.5) is 0 Å². The van der Waals surface area contributed by atoms with Gasteiger partial charge in [-0.15, -0.1) is 0 Å². The van der Waals surface area contributed by atoms with Crippen LogP contribution in [-0.4, -0.2) is 25.5 Å². The van der Waals surface area contributed by atoms with E-state index in [4.69, 9.17) is 5.11 Å². The molecule has 1 fully saturated rings. The van der Waals surface area contributed by atoms with Crippen LogP contribution < -0.4 is 4.72 Å². The van der Waals surface area contributed by atoms with Gasteiger partial charge < -0.3 is 5.11 Å². The van der Waals surface area contributed by atoms with Crippen molar-refractivity contribution in [3.8, 4) is 0 Å². The van der Waals surface area contributed by atoms with Gasteiger partial charge >= 0.3 is 5.97 Å². The zero-order valence-electron chi connectivity index (χ0n) is 11.0. The molecule has 0 radical (unpaired) electrons. The molecule has 2 rings (SSSR count). The van der Waals surface area contributed by atoms with Gasteiger partial charge in [-0.1, -0.05) is 6.42 Å². The number of carboxylic acids is 1. The van der Waals surface area contributed by atoms with Gasteiger partial charge in [-0.2, -0.15) is 0 Å². The fourth-order valence-corrected chi connectivity index (χ4v) is 4.09. The SMILES string of the molecule is CC(NS(=O)(=O)c1ccc(I)c(C(=O)O)c1)C1CCC1. The Balaban J connectivity index is 2.24. The highest BCUT2D eigenvalue weighted by Gasteiger charge is 2.28. The van der Waals surface area contributed by atoms with E-state index in [-0.39, 0.29) is 16.5 Å². The van der Waals surface area contributed by atoms with Crippen LogP contribution in [0.3, 0.4) is 0 Å². The smallest absolute Gasteiger partial charge is 0.336 e. The van der Waals surface area contributed by atoms with E-state index < -0.39 is 16.0 Å². The van der Waals surface area contributed by atoms with Crippen molar-refractivity contribution >= 4 is 38.6 Å². The van der Waals surface area contributed by atoms with Crippen molar-refractivity contribution in [1.29, 1.82) is 0 Å². The lowest BCUT2D eigenvalue weighted by Crippen LogP contribution is -2.40. The lowest BCUT2D eigenvalue weighted by molar-refractivity contribution is 0.0695. The van der Waals surface area contributed by atoms with Gasteiger partial charge in [-0.3, -0.25) is 0 Å². The van der Waals surface area contributed by atoms with Crippen molar-refractivity contribution in [2.24, 2.45) is 5.92 Å². The second kappa shape index (κ2) is 5.98. The molecule has 110 valence electrons. The molecule has 0 amide bonds. The average molecular weight is 409 g/mol. The topological polar surface area (TPSA) is 83.5 Å². The summed E-state index contributed by atoms with van der Waals surface area (Å²) >= 11 is 1.88. The summed E-state index contributed by atoms with van der Waals surface area (Å²) in [6, 6.07) is 4.03. The average Bonchev–Trinajstić information content (AvgIpc) is 2.25. The number of hydrogen-bond donors (Lipinski definition) is 2. The maximum atomic E-state index is 12.3. The molecule has 1 saturated carbocycles. The van der Waals surface area contributed by atoms with Gasteiger partial charge in [0.2, 0.25) is 10.0 Å². The van der Waals surface area contributed by atoms with E-state index in [0.717, 1.165) is 19.3 Å². The Morgan fingerprint density at radius 1 is 1.45 bits per heavy atom. The second-order valence-electron chi connectivity index (χ2n) is 5.05. The highest BCUT2D eigenvalue weighted by molar-refractivity contribution is 14.1. The van der Waals surface area contributed by atoms with Crippen molar-refractivity contribution in [2.45, 2.75) is 37.1 Å². The molecule has 1 aromatic rings. The summed E-state index contributed by atoms with van der Waals surface area (Å²) < 4.78 is 27.7. The second-order valence-corrected chi connectivity index (χ2v) is 7.92. The number of halogens is 1. The van der Waals surface area contributed by atoms with Crippen molar-refractivity contribution < 1.29 is 18.3 Å². The standard InChI is InChI=1S/C13H16INO4S/c1-8(9-3-2-4-9)15-20(18,19)10-5-6-12(14)11(7-10)13(16)17/h5-9,15H,2-4H2,1H3,(H,16,17). The predicted octanol–water partition coefficient (Wildman–Crippen LogP) is 2.46. The summed E-state index contributed by atoms with van der Waals surface area (Å²) in [5.74, 6) is -0.744. The number of aromatic carboxylic acids is 1. The minimum Gasteiger partial charge on any atom is -0.478 e. The molecule has 2 N–H and O–H groups in total. The lowest BCUT2D eigenvalue weighted by Gasteiger charge is -2.31. The van der Waals surface area contributed by atoms with Gasteiger partial charge in [0.1, 0.15) is 0 Å². The molecule has 1 aromatic carbocycles. The third-order valence-corrected chi connectivity index (χ3v) is 6.17. The first-order chi connectivity index (χ1) is 9.31. The summed E-state index contributed by atoms with van der Waals surface area (Å²) in [4.78, 5) is 11.1. The molecular weight excluding hydrogens is 393 g/mol. The molecule has 5 nitrogen and oxygen atoms in total. The van der Waals surface area contributed by atoms with Crippen molar-refractivity contribution in [3.63, 3.8) is 0 Å². The number of carboxylic acid groups (broad SMARTS) is 1. The van der Waals surface area contributed by atoms with E-state index in [2.05, 4.69) is 4.72 Å². The summed E-state index contributed by atoms with van der Waals surface area (Å²) in [5, 5.41) is 9.05. The monoisotopic (exact) mass is 409 g/mol. The normalized spacial score (nSPS) is 17.5. The van der Waals surface area contributed by atoms with Gasteiger partial charge in [0.25, 0.3) is 0 Å². The molecule has 0 spiro atoms. The van der Waals surface area contributed by atoms with Gasteiger partial charge in [-0.05, 0) is 66.5 Å². The maximum absolute atomic E-state index is 12.3. The first-order valence-electron chi connectivity index (χ1n) is 6.36. The lowest BCUT2D eigenvalue weighted by atomic mass is 9.81. The highest BCUT2D eigenvalue weighted by Crippen LogP contribution is 2.30. The molecular formula is C13H16INO4S. The molecule has 20 heavy (non-hydrogen) atoms. The van der Waals surface area contributed by atoms with Crippen LogP contribution in [0.25, 0.3) is 0 Å². The molecule has 1 aliphatic carbocycles. The first-order valence-corrected chi connectivity index (χ1v) is 8.92. The molecule has 0 saturated heterocycles. The number of nitrogens with one attached hydrogen (secondary N) is 1.